The predicted molar refractivity (Wildman–Crippen MR) is 77.9 cm³/mol. The van der Waals surface area contributed by atoms with Crippen molar-refractivity contribution in [2.24, 2.45) is 5.73 Å². The molecule has 2 atom stereocenters. The summed E-state index contributed by atoms with van der Waals surface area (Å²) in [7, 11) is 0. The summed E-state index contributed by atoms with van der Waals surface area (Å²) in [4.78, 5) is 16.8. The number of unbranched alkanes of at least 4 members (excludes halogenated alkanes) is 1. The van der Waals surface area contributed by atoms with Crippen LogP contribution in [0.4, 0.5) is 0 Å². The molecule has 2 saturated heterocycles. The molecule has 0 aromatic carbocycles. The van der Waals surface area contributed by atoms with Gasteiger partial charge in [0.05, 0.1) is 6.04 Å². The van der Waals surface area contributed by atoms with Crippen LogP contribution in [0, 0.1) is 0 Å². The van der Waals surface area contributed by atoms with Gasteiger partial charge in [-0.25, -0.2) is 0 Å². The molecule has 1 unspecified atom stereocenters. The van der Waals surface area contributed by atoms with Crippen LogP contribution in [0.5, 0.6) is 0 Å². The van der Waals surface area contributed by atoms with Gasteiger partial charge in [0, 0.05) is 19.1 Å². The molecule has 2 N–H and O–H groups in total. The molecule has 2 heterocycles. The second kappa shape index (κ2) is 7.25. The van der Waals surface area contributed by atoms with E-state index < -0.39 is 0 Å². The van der Waals surface area contributed by atoms with Gasteiger partial charge in [0.25, 0.3) is 0 Å². The fourth-order valence-electron chi connectivity index (χ4n) is 3.31. The van der Waals surface area contributed by atoms with Crippen LogP contribution in [0.3, 0.4) is 0 Å². The number of likely N-dealkylation sites (tertiary alicyclic amines) is 2. The SMILES string of the molecule is CCCC[C@H](N)C(=O)N1CCC(N2CCCCC2)C1. The standard InChI is InChI=1S/C15H29N3O/c1-2-3-7-14(16)15(19)18-11-8-13(12-18)17-9-5-4-6-10-17/h13-14H,2-12,16H2,1H3/t13?,14-/m0/s1. The second-order valence-corrected chi connectivity index (χ2v) is 6.07. The van der Waals surface area contributed by atoms with Gasteiger partial charge < -0.3 is 10.6 Å². The molecule has 0 bridgehead atoms. The summed E-state index contributed by atoms with van der Waals surface area (Å²) in [5.74, 6) is 0.174. The Hall–Kier alpha value is -0.610. The van der Waals surface area contributed by atoms with Crippen LogP contribution in [0.15, 0.2) is 0 Å². The average molecular weight is 267 g/mol. The number of piperidine rings is 1. The van der Waals surface area contributed by atoms with Crippen molar-refractivity contribution in [3.05, 3.63) is 0 Å². The maximum absolute atomic E-state index is 12.3. The third kappa shape index (κ3) is 3.93. The summed E-state index contributed by atoms with van der Waals surface area (Å²) in [6.07, 6.45) is 8.13. The molecular weight excluding hydrogens is 238 g/mol. The summed E-state index contributed by atoms with van der Waals surface area (Å²) in [6.45, 7) is 6.38. The molecule has 2 aliphatic rings. The van der Waals surface area contributed by atoms with Crippen molar-refractivity contribution in [1.82, 2.24) is 9.80 Å². The summed E-state index contributed by atoms with van der Waals surface area (Å²) in [5.41, 5.74) is 6.00. The molecule has 19 heavy (non-hydrogen) atoms. The molecule has 0 saturated carbocycles. The van der Waals surface area contributed by atoms with Crippen molar-refractivity contribution in [2.45, 2.75) is 64.0 Å². The van der Waals surface area contributed by atoms with Gasteiger partial charge in [-0.1, -0.05) is 26.2 Å². The van der Waals surface area contributed by atoms with Crippen molar-refractivity contribution in [1.29, 1.82) is 0 Å². The summed E-state index contributed by atoms with van der Waals surface area (Å²) in [6, 6.07) is 0.308. The highest BCUT2D eigenvalue weighted by atomic mass is 16.2. The third-order valence-electron chi connectivity index (χ3n) is 4.57. The molecule has 4 nitrogen and oxygen atoms in total. The molecule has 2 rings (SSSR count). The molecule has 4 heteroatoms. The minimum absolute atomic E-state index is 0.174. The average Bonchev–Trinajstić information content (AvgIpc) is 2.94. The van der Waals surface area contributed by atoms with Gasteiger partial charge in [0.1, 0.15) is 0 Å². The van der Waals surface area contributed by atoms with Gasteiger partial charge in [0.2, 0.25) is 5.91 Å². The maximum Gasteiger partial charge on any atom is 0.239 e. The van der Waals surface area contributed by atoms with Crippen molar-refractivity contribution in [2.75, 3.05) is 26.2 Å². The first kappa shape index (κ1) is 14.8. The largest absolute Gasteiger partial charge is 0.340 e. The molecule has 2 fully saturated rings. The molecule has 0 aromatic heterocycles. The van der Waals surface area contributed by atoms with Crippen LogP contribution in [0.1, 0.15) is 51.9 Å². The number of carbonyl (C=O) groups excluding carboxylic acids is 1. The smallest absolute Gasteiger partial charge is 0.239 e. The highest BCUT2D eigenvalue weighted by molar-refractivity contribution is 5.81. The van der Waals surface area contributed by atoms with Crippen molar-refractivity contribution >= 4 is 5.91 Å². The lowest BCUT2D eigenvalue weighted by Crippen LogP contribution is -2.45. The molecule has 2 aliphatic heterocycles. The third-order valence-corrected chi connectivity index (χ3v) is 4.57. The molecule has 0 aromatic rings. The number of hydrogen-bond donors (Lipinski definition) is 1. The Morgan fingerprint density at radius 1 is 1.26 bits per heavy atom. The van der Waals surface area contributed by atoms with Crippen molar-refractivity contribution in [3.8, 4) is 0 Å². The second-order valence-electron chi connectivity index (χ2n) is 6.07. The van der Waals surface area contributed by atoms with Gasteiger partial charge in [-0.3, -0.25) is 9.69 Å². The number of hydrogen-bond acceptors (Lipinski definition) is 3. The van der Waals surface area contributed by atoms with Crippen LogP contribution in [-0.2, 0) is 4.79 Å². The number of nitrogens with zero attached hydrogens (tertiary/aromatic N) is 2. The monoisotopic (exact) mass is 267 g/mol. The molecular formula is C15H29N3O. The highest BCUT2D eigenvalue weighted by Gasteiger charge is 2.32. The Morgan fingerprint density at radius 2 is 2.00 bits per heavy atom. The summed E-state index contributed by atoms with van der Waals surface area (Å²) >= 11 is 0. The fourth-order valence-corrected chi connectivity index (χ4v) is 3.31. The minimum atomic E-state index is -0.278. The van der Waals surface area contributed by atoms with Gasteiger partial charge in [-0.15, -0.1) is 0 Å². The van der Waals surface area contributed by atoms with Crippen LogP contribution < -0.4 is 5.73 Å². The van der Waals surface area contributed by atoms with E-state index in [-0.39, 0.29) is 11.9 Å². The van der Waals surface area contributed by atoms with Crippen molar-refractivity contribution in [3.63, 3.8) is 0 Å². The van der Waals surface area contributed by atoms with E-state index in [1.165, 1.54) is 32.4 Å². The Morgan fingerprint density at radius 3 is 2.68 bits per heavy atom. The zero-order valence-corrected chi connectivity index (χ0v) is 12.3. The number of amides is 1. The molecule has 1 amide bonds. The van der Waals surface area contributed by atoms with Gasteiger partial charge in [-0.2, -0.15) is 0 Å². The Labute approximate surface area is 117 Å². The van der Waals surface area contributed by atoms with E-state index in [2.05, 4.69) is 11.8 Å². The van der Waals surface area contributed by atoms with E-state index in [0.717, 1.165) is 38.8 Å². The lowest BCUT2D eigenvalue weighted by molar-refractivity contribution is -0.131. The zero-order chi connectivity index (χ0) is 13.7. The van der Waals surface area contributed by atoms with E-state index >= 15 is 0 Å². The van der Waals surface area contributed by atoms with Gasteiger partial charge >= 0.3 is 0 Å². The lowest BCUT2D eigenvalue weighted by Gasteiger charge is -2.32. The van der Waals surface area contributed by atoms with E-state index in [9.17, 15) is 4.79 Å². The van der Waals surface area contributed by atoms with E-state index in [1.54, 1.807) is 0 Å². The van der Waals surface area contributed by atoms with E-state index in [4.69, 9.17) is 5.73 Å². The number of rotatable bonds is 5. The maximum atomic E-state index is 12.3. The van der Waals surface area contributed by atoms with Crippen LogP contribution in [-0.4, -0.2) is 54.0 Å². The van der Waals surface area contributed by atoms with Gasteiger partial charge in [-0.05, 0) is 38.8 Å². The Kier molecular flexibility index (Phi) is 5.64. The first-order valence-electron chi connectivity index (χ1n) is 8.00. The normalized spacial score (nSPS) is 26.6. The molecule has 110 valence electrons. The Bertz CT molecular complexity index is 289. The first-order valence-corrected chi connectivity index (χ1v) is 8.00. The molecule has 0 aliphatic carbocycles. The summed E-state index contributed by atoms with van der Waals surface area (Å²) < 4.78 is 0. The number of nitrogens with two attached hydrogens (primary N) is 1. The van der Waals surface area contributed by atoms with Crippen LogP contribution >= 0.6 is 0 Å². The van der Waals surface area contributed by atoms with E-state index in [0.29, 0.717) is 6.04 Å². The lowest BCUT2D eigenvalue weighted by atomic mass is 10.1. The number of carbonyl (C=O) groups is 1. The highest BCUT2D eigenvalue weighted by Crippen LogP contribution is 2.20. The first-order chi connectivity index (χ1) is 9.22. The van der Waals surface area contributed by atoms with Crippen LogP contribution in [0.2, 0.25) is 0 Å². The fraction of sp³-hybridized carbons (Fsp3) is 0.933. The quantitative estimate of drug-likeness (QED) is 0.823. The minimum Gasteiger partial charge on any atom is -0.340 e. The summed E-state index contributed by atoms with van der Waals surface area (Å²) in [5, 5.41) is 0. The predicted octanol–water partition coefficient (Wildman–Crippen LogP) is 1.59. The van der Waals surface area contributed by atoms with Crippen molar-refractivity contribution < 1.29 is 4.79 Å². The molecule has 0 spiro atoms. The Balaban J connectivity index is 1.78. The topological polar surface area (TPSA) is 49.6 Å². The molecule has 0 radical (unpaired) electrons. The zero-order valence-electron chi connectivity index (χ0n) is 12.3. The van der Waals surface area contributed by atoms with E-state index in [1.807, 2.05) is 4.90 Å². The van der Waals surface area contributed by atoms with Gasteiger partial charge in [0.15, 0.2) is 0 Å². The van der Waals surface area contributed by atoms with Crippen LogP contribution in [0.25, 0.3) is 0 Å².